The van der Waals surface area contributed by atoms with Crippen molar-refractivity contribution in [2.75, 3.05) is 0 Å². The van der Waals surface area contributed by atoms with Crippen molar-refractivity contribution < 1.29 is 40.3 Å². The van der Waals surface area contributed by atoms with Gasteiger partial charge in [-0.3, -0.25) is 13.7 Å². The van der Waals surface area contributed by atoms with E-state index in [1.807, 2.05) is 0 Å². The zero-order chi connectivity index (χ0) is 23.0. The molecule has 0 aliphatic carbocycles. The zero-order valence-electron chi connectivity index (χ0n) is 16.4. The van der Waals surface area contributed by atoms with E-state index in [9.17, 15) is 38.9 Å². The Hall–Kier alpha value is -2.18. The minimum atomic E-state index is -4.40. The maximum atomic E-state index is 11.3. The van der Waals surface area contributed by atoms with Crippen LogP contribution in [0.1, 0.15) is 1.43 Å². The maximum Gasteiger partial charge on any atom is 0.294 e. The predicted molar refractivity (Wildman–Crippen MR) is 116 cm³/mol. The number of benzene rings is 3. The second kappa shape index (κ2) is 8.40. The van der Waals surface area contributed by atoms with Gasteiger partial charge in [0.05, 0.1) is 14.7 Å². The molecule has 0 saturated heterocycles. The van der Waals surface area contributed by atoms with Gasteiger partial charge in [-0.1, -0.05) is 36.4 Å². The summed E-state index contributed by atoms with van der Waals surface area (Å²) in [7, 11) is -14.6. The van der Waals surface area contributed by atoms with E-state index in [2.05, 4.69) is 0 Å². The molecular formula is C18H16O9PS3. The van der Waals surface area contributed by atoms with Crippen molar-refractivity contribution in [1.29, 1.82) is 0 Å². The molecule has 9 nitrogen and oxygen atoms in total. The molecule has 3 N–H and O–H groups in total. The van der Waals surface area contributed by atoms with Crippen molar-refractivity contribution >= 4 is 54.2 Å². The molecule has 0 saturated carbocycles. The molecule has 13 heteroatoms. The Balaban J connectivity index is 0.00000363. The first-order valence-electron chi connectivity index (χ1n) is 8.30. The van der Waals surface area contributed by atoms with E-state index in [1.54, 1.807) is 0 Å². The first-order valence-corrected chi connectivity index (χ1v) is 14.0. The Morgan fingerprint density at radius 3 is 0.806 bits per heavy atom. The van der Waals surface area contributed by atoms with E-state index in [1.165, 1.54) is 72.8 Å². The highest BCUT2D eigenvalue weighted by Crippen LogP contribution is 2.33. The third-order valence-electron chi connectivity index (χ3n) is 4.18. The molecule has 3 aromatic carbocycles. The summed E-state index contributed by atoms with van der Waals surface area (Å²) in [6.07, 6.45) is 0. The molecule has 0 fully saturated rings. The quantitative estimate of drug-likeness (QED) is 0.332. The van der Waals surface area contributed by atoms with Crippen LogP contribution in [0.3, 0.4) is 0 Å². The normalized spacial score (nSPS) is 12.8. The molecule has 0 unspecified atom stereocenters. The van der Waals surface area contributed by atoms with Gasteiger partial charge in [-0.25, -0.2) is 0 Å². The van der Waals surface area contributed by atoms with E-state index in [0.717, 1.165) is 0 Å². The summed E-state index contributed by atoms with van der Waals surface area (Å²) in [4.78, 5) is -0.932. The molecule has 165 valence electrons. The molecule has 0 aromatic heterocycles. The molecule has 0 atom stereocenters. The maximum absolute atomic E-state index is 11.3. The molecule has 3 aromatic rings. The highest BCUT2D eigenvalue weighted by molar-refractivity contribution is 7.86. The molecule has 1 radical (unpaired) electrons. The van der Waals surface area contributed by atoms with E-state index < -0.39 is 38.3 Å². The largest absolute Gasteiger partial charge is 0.294 e. The van der Waals surface area contributed by atoms with E-state index in [0.29, 0.717) is 15.9 Å². The van der Waals surface area contributed by atoms with Crippen molar-refractivity contribution in [3.05, 3.63) is 72.8 Å². The van der Waals surface area contributed by atoms with Crippen LogP contribution in [-0.2, 0) is 30.4 Å². The first kappa shape index (κ1) is 23.5. The predicted octanol–water partition coefficient (Wildman–Crippen LogP) is 1.30. The van der Waals surface area contributed by atoms with Crippen LogP contribution in [0.5, 0.6) is 0 Å². The smallest absolute Gasteiger partial charge is 0.282 e. The SMILES string of the molecule is O=S(=O)(O)c1ccc(P(c2ccc(S(=O)(=O)O)cc2)c2ccc(S(=O)(=O)O)cc2)cc1.[H]. The van der Waals surface area contributed by atoms with Crippen LogP contribution in [0.15, 0.2) is 87.5 Å². The Labute approximate surface area is 181 Å². The minimum Gasteiger partial charge on any atom is -0.282 e. The topological polar surface area (TPSA) is 163 Å². The lowest BCUT2D eigenvalue weighted by Gasteiger charge is -2.20. The fraction of sp³-hybridized carbons (Fsp3) is 0. The van der Waals surface area contributed by atoms with Crippen LogP contribution < -0.4 is 15.9 Å². The van der Waals surface area contributed by atoms with Gasteiger partial charge >= 0.3 is 0 Å². The van der Waals surface area contributed by atoms with Crippen molar-refractivity contribution in [3.63, 3.8) is 0 Å². The lowest BCUT2D eigenvalue weighted by molar-refractivity contribution is 0.481. The fourth-order valence-electron chi connectivity index (χ4n) is 2.75. The first-order chi connectivity index (χ1) is 14.3. The average molecular weight is 503 g/mol. The van der Waals surface area contributed by atoms with Crippen molar-refractivity contribution in [2.45, 2.75) is 14.7 Å². The molecule has 0 aliphatic heterocycles. The van der Waals surface area contributed by atoms with Crippen LogP contribution in [0.4, 0.5) is 0 Å². The standard InChI is InChI=1S/C18H15O9PS3.H/c19-29(20,21)16-7-1-13(2-8-16)28(14-3-9-17(10-4-14)30(22,23)24)15-5-11-18(12-6-15)31(25,26)27;/h1-12H,(H,19,20,21)(H,22,23,24)(H,25,26,27);. The van der Waals surface area contributed by atoms with E-state index >= 15 is 0 Å². The van der Waals surface area contributed by atoms with E-state index in [-0.39, 0.29) is 16.1 Å². The highest BCUT2D eigenvalue weighted by Gasteiger charge is 2.20. The molecule has 3 rings (SSSR count). The molecular weight excluding hydrogens is 487 g/mol. The molecule has 0 spiro atoms. The van der Waals surface area contributed by atoms with E-state index in [4.69, 9.17) is 0 Å². The third kappa shape index (κ3) is 5.55. The summed E-state index contributed by atoms with van der Waals surface area (Å²) in [6.45, 7) is 0. The summed E-state index contributed by atoms with van der Waals surface area (Å²) in [6, 6.07) is 16.1. The summed E-state index contributed by atoms with van der Waals surface area (Å²) in [5.74, 6) is 0. The lowest BCUT2D eigenvalue weighted by atomic mass is 10.3. The van der Waals surface area contributed by atoms with Crippen LogP contribution in [0.2, 0.25) is 0 Å². The van der Waals surface area contributed by atoms with Gasteiger partial charge in [0.1, 0.15) is 0 Å². The Kier molecular flexibility index (Phi) is 6.36. The van der Waals surface area contributed by atoms with Crippen LogP contribution in [-0.4, -0.2) is 38.9 Å². The van der Waals surface area contributed by atoms with Gasteiger partial charge in [0.2, 0.25) is 0 Å². The summed E-state index contributed by atoms with van der Waals surface area (Å²) in [5, 5.41) is 1.84. The fourth-order valence-corrected chi connectivity index (χ4v) is 6.42. The summed E-state index contributed by atoms with van der Waals surface area (Å²) < 4.78 is 95.4. The Morgan fingerprint density at radius 2 is 0.645 bits per heavy atom. The molecule has 0 aliphatic rings. The van der Waals surface area contributed by atoms with Crippen LogP contribution in [0.25, 0.3) is 0 Å². The average Bonchev–Trinajstić information content (AvgIpc) is 2.67. The second-order valence-corrected chi connectivity index (χ2v) is 12.7. The Bertz CT molecular complexity index is 1240. The summed E-state index contributed by atoms with van der Waals surface area (Å²) >= 11 is 0. The number of hydrogen-bond donors (Lipinski definition) is 3. The second-order valence-electron chi connectivity index (χ2n) is 6.24. The van der Waals surface area contributed by atoms with Crippen LogP contribution in [0, 0.1) is 0 Å². The molecule has 0 heterocycles. The van der Waals surface area contributed by atoms with Crippen molar-refractivity contribution in [1.82, 2.24) is 0 Å². The highest BCUT2D eigenvalue weighted by atomic mass is 32.2. The van der Waals surface area contributed by atoms with Crippen LogP contribution >= 0.6 is 7.92 Å². The third-order valence-corrected chi connectivity index (χ3v) is 9.23. The number of hydrogen-bond acceptors (Lipinski definition) is 6. The van der Waals surface area contributed by atoms with Gasteiger partial charge in [0.25, 0.3) is 30.4 Å². The Morgan fingerprint density at radius 1 is 0.452 bits per heavy atom. The monoisotopic (exact) mass is 503 g/mol. The van der Waals surface area contributed by atoms with Crippen molar-refractivity contribution in [3.8, 4) is 0 Å². The van der Waals surface area contributed by atoms with Gasteiger partial charge in [-0.15, -0.1) is 0 Å². The lowest BCUT2D eigenvalue weighted by Crippen LogP contribution is -2.21. The van der Waals surface area contributed by atoms with Crippen molar-refractivity contribution in [2.24, 2.45) is 0 Å². The van der Waals surface area contributed by atoms with Gasteiger partial charge in [-0.05, 0) is 60.2 Å². The van der Waals surface area contributed by atoms with Gasteiger partial charge in [-0.2, -0.15) is 25.3 Å². The molecule has 0 bridgehead atoms. The van der Waals surface area contributed by atoms with Gasteiger partial charge in [0, 0.05) is 1.43 Å². The van der Waals surface area contributed by atoms with Gasteiger partial charge < -0.3 is 0 Å². The summed E-state index contributed by atoms with van der Waals surface area (Å²) in [5.41, 5.74) is 0. The van der Waals surface area contributed by atoms with Gasteiger partial charge in [0.15, 0.2) is 0 Å². The zero-order valence-corrected chi connectivity index (χ0v) is 18.7. The number of rotatable bonds is 6. The molecule has 31 heavy (non-hydrogen) atoms. The molecule has 0 amide bonds. The minimum absolute atomic E-state index is 0.